The summed E-state index contributed by atoms with van der Waals surface area (Å²) in [4.78, 5) is 0. The van der Waals surface area contributed by atoms with Crippen molar-refractivity contribution in [1.82, 2.24) is 0 Å². The van der Waals surface area contributed by atoms with E-state index in [0.717, 1.165) is 11.4 Å². The molecule has 1 aromatic carbocycles. The number of nitrogens with one attached hydrogen (secondary N) is 1. The summed E-state index contributed by atoms with van der Waals surface area (Å²) in [6, 6.07) is 7.25. The predicted octanol–water partition coefficient (Wildman–Crippen LogP) is 2.03. The largest absolute Gasteiger partial charge is 0.497 e. The molecule has 0 saturated heterocycles. The minimum absolute atomic E-state index is 0.257. The highest BCUT2D eigenvalue weighted by molar-refractivity contribution is 5.60. The summed E-state index contributed by atoms with van der Waals surface area (Å²) in [5, 5.41) is 11.7. The van der Waals surface area contributed by atoms with E-state index in [1.54, 1.807) is 27.2 Å². The van der Waals surface area contributed by atoms with Gasteiger partial charge >= 0.3 is 0 Å². The molecule has 80 valence electrons. The molecule has 0 radical (unpaired) electrons. The van der Waals surface area contributed by atoms with Crippen LogP contribution >= 0.6 is 0 Å². The number of nitrogens with zero attached hydrogens (tertiary/aromatic N) is 1. The van der Waals surface area contributed by atoms with Gasteiger partial charge in [-0.3, -0.25) is 0 Å². The summed E-state index contributed by atoms with van der Waals surface area (Å²) in [7, 11) is 3.18. The summed E-state index contributed by atoms with van der Waals surface area (Å²) >= 11 is 0. The van der Waals surface area contributed by atoms with Gasteiger partial charge < -0.3 is 14.8 Å². The fourth-order valence-electron chi connectivity index (χ4n) is 1.18. The molecule has 0 aromatic heterocycles. The van der Waals surface area contributed by atoms with E-state index in [-0.39, 0.29) is 6.04 Å². The molecule has 4 heteroatoms. The number of hydrogen-bond donors (Lipinski definition) is 1. The van der Waals surface area contributed by atoms with E-state index in [2.05, 4.69) is 11.4 Å². The summed E-state index contributed by atoms with van der Waals surface area (Å²) in [6.45, 7) is 1.78. The third-order valence-corrected chi connectivity index (χ3v) is 1.97. The molecule has 1 atom stereocenters. The van der Waals surface area contributed by atoms with Crippen molar-refractivity contribution in [2.45, 2.75) is 13.0 Å². The van der Waals surface area contributed by atoms with Gasteiger partial charge in [-0.2, -0.15) is 5.26 Å². The molecule has 1 aromatic rings. The summed E-state index contributed by atoms with van der Waals surface area (Å²) in [5.74, 6) is 1.39. The van der Waals surface area contributed by atoms with Gasteiger partial charge in [-0.1, -0.05) is 0 Å². The summed E-state index contributed by atoms with van der Waals surface area (Å²) in [6.07, 6.45) is 0. The van der Waals surface area contributed by atoms with Gasteiger partial charge in [0, 0.05) is 6.07 Å². The van der Waals surface area contributed by atoms with Crippen LogP contribution in [0.15, 0.2) is 18.2 Å². The Balaban J connectivity index is 2.93. The van der Waals surface area contributed by atoms with E-state index < -0.39 is 0 Å². The van der Waals surface area contributed by atoms with Gasteiger partial charge in [-0.25, -0.2) is 0 Å². The molecule has 4 nitrogen and oxygen atoms in total. The molecular weight excluding hydrogens is 192 g/mol. The number of methoxy groups -OCH3 is 2. The van der Waals surface area contributed by atoms with Gasteiger partial charge in [0.05, 0.1) is 26.0 Å². The molecule has 0 saturated carbocycles. The topological polar surface area (TPSA) is 54.3 Å². The third kappa shape index (κ3) is 2.78. The molecule has 0 aliphatic rings. The van der Waals surface area contributed by atoms with Crippen LogP contribution < -0.4 is 14.8 Å². The van der Waals surface area contributed by atoms with Crippen LogP contribution in [0.1, 0.15) is 6.92 Å². The Labute approximate surface area is 89.4 Å². The molecular formula is C11H14N2O2. The zero-order chi connectivity index (χ0) is 11.3. The first-order valence-electron chi connectivity index (χ1n) is 4.59. The van der Waals surface area contributed by atoms with Crippen molar-refractivity contribution in [2.75, 3.05) is 19.5 Å². The van der Waals surface area contributed by atoms with Crippen LogP contribution in [0, 0.1) is 11.3 Å². The Morgan fingerprint density at radius 1 is 1.33 bits per heavy atom. The van der Waals surface area contributed by atoms with Crippen LogP contribution in [0.5, 0.6) is 11.5 Å². The monoisotopic (exact) mass is 206 g/mol. The van der Waals surface area contributed by atoms with Crippen molar-refractivity contribution in [2.24, 2.45) is 0 Å². The molecule has 0 bridgehead atoms. The van der Waals surface area contributed by atoms with E-state index in [0.29, 0.717) is 5.75 Å². The van der Waals surface area contributed by atoms with Crippen molar-refractivity contribution < 1.29 is 9.47 Å². The van der Waals surface area contributed by atoms with E-state index in [9.17, 15) is 0 Å². The van der Waals surface area contributed by atoms with Crippen molar-refractivity contribution in [1.29, 1.82) is 5.26 Å². The maximum atomic E-state index is 8.68. The fraction of sp³-hybridized carbons (Fsp3) is 0.364. The van der Waals surface area contributed by atoms with E-state index in [1.165, 1.54) is 0 Å². The first-order chi connectivity index (χ1) is 7.21. The first kappa shape index (κ1) is 11.2. The Morgan fingerprint density at radius 2 is 2.07 bits per heavy atom. The molecule has 1 unspecified atom stereocenters. The zero-order valence-electron chi connectivity index (χ0n) is 9.07. The van der Waals surface area contributed by atoms with Gasteiger partial charge in [-0.15, -0.1) is 0 Å². The Kier molecular flexibility index (Phi) is 3.81. The SMILES string of the molecule is COc1ccc(NC(C)C#N)c(OC)c1. The lowest BCUT2D eigenvalue weighted by atomic mass is 10.2. The van der Waals surface area contributed by atoms with E-state index >= 15 is 0 Å². The van der Waals surface area contributed by atoms with E-state index in [1.807, 2.05) is 12.1 Å². The van der Waals surface area contributed by atoms with E-state index in [4.69, 9.17) is 14.7 Å². The number of nitriles is 1. The van der Waals surface area contributed by atoms with Gasteiger partial charge in [0.1, 0.15) is 17.5 Å². The second-order valence-corrected chi connectivity index (χ2v) is 3.06. The average molecular weight is 206 g/mol. The predicted molar refractivity (Wildman–Crippen MR) is 58.2 cm³/mol. The van der Waals surface area contributed by atoms with Crippen molar-refractivity contribution in [3.8, 4) is 17.6 Å². The lowest BCUT2D eigenvalue weighted by Crippen LogP contribution is -2.12. The van der Waals surface area contributed by atoms with Crippen LogP contribution in [0.2, 0.25) is 0 Å². The number of hydrogen-bond acceptors (Lipinski definition) is 4. The molecule has 1 rings (SSSR count). The number of rotatable bonds is 4. The standard InChI is InChI=1S/C11H14N2O2/c1-8(7-12)13-10-5-4-9(14-2)6-11(10)15-3/h4-6,8,13H,1-3H3. The van der Waals surface area contributed by atoms with Crippen LogP contribution in [-0.4, -0.2) is 20.3 Å². The first-order valence-corrected chi connectivity index (χ1v) is 4.59. The quantitative estimate of drug-likeness (QED) is 0.818. The Morgan fingerprint density at radius 3 is 2.60 bits per heavy atom. The van der Waals surface area contributed by atoms with Gasteiger partial charge in [0.15, 0.2) is 0 Å². The number of anilines is 1. The molecule has 0 spiro atoms. The second kappa shape index (κ2) is 5.11. The minimum atomic E-state index is -0.257. The smallest absolute Gasteiger partial charge is 0.145 e. The van der Waals surface area contributed by atoms with Gasteiger partial charge in [0.25, 0.3) is 0 Å². The average Bonchev–Trinajstić information content (AvgIpc) is 2.29. The molecule has 1 N–H and O–H groups in total. The highest BCUT2D eigenvalue weighted by Crippen LogP contribution is 2.29. The molecule has 0 aliphatic heterocycles. The van der Waals surface area contributed by atoms with Crippen LogP contribution in [0.3, 0.4) is 0 Å². The normalized spacial score (nSPS) is 11.3. The van der Waals surface area contributed by atoms with Crippen LogP contribution in [0.4, 0.5) is 5.69 Å². The van der Waals surface area contributed by atoms with Crippen molar-refractivity contribution in [3.63, 3.8) is 0 Å². The molecule has 0 aliphatic carbocycles. The second-order valence-electron chi connectivity index (χ2n) is 3.06. The molecule has 0 fully saturated rings. The maximum absolute atomic E-state index is 8.68. The number of benzene rings is 1. The fourth-order valence-corrected chi connectivity index (χ4v) is 1.18. The third-order valence-electron chi connectivity index (χ3n) is 1.97. The van der Waals surface area contributed by atoms with Crippen molar-refractivity contribution >= 4 is 5.69 Å². The lowest BCUT2D eigenvalue weighted by molar-refractivity contribution is 0.395. The van der Waals surface area contributed by atoms with Crippen LogP contribution in [0.25, 0.3) is 0 Å². The molecule has 0 amide bonds. The molecule has 15 heavy (non-hydrogen) atoms. The Hall–Kier alpha value is -1.89. The van der Waals surface area contributed by atoms with Gasteiger partial charge in [0.2, 0.25) is 0 Å². The maximum Gasteiger partial charge on any atom is 0.145 e. The highest BCUT2D eigenvalue weighted by Gasteiger charge is 2.07. The Bertz CT molecular complexity index is 371. The highest BCUT2D eigenvalue weighted by atomic mass is 16.5. The van der Waals surface area contributed by atoms with Crippen LogP contribution in [-0.2, 0) is 0 Å². The summed E-state index contributed by atoms with van der Waals surface area (Å²) in [5.41, 5.74) is 0.785. The zero-order valence-corrected chi connectivity index (χ0v) is 9.07. The minimum Gasteiger partial charge on any atom is -0.497 e. The molecule has 0 heterocycles. The lowest BCUT2D eigenvalue weighted by Gasteiger charge is -2.13. The van der Waals surface area contributed by atoms with Gasteiger partial charge in [-0.05, 0) is 19.1 Å². The van der Waals surface area contributed by atoms with Crippen molar-refractivity contribution in [3.05, 3.63) is 18.2 Å². The summed E-state index contributed by atoms with van der Waals surface area (Å²) < 4.78 is 10.3. The number of ether oxygens (including phenoxy) is 2.